The van der Waals surface area contributed by atoms with Crippen LogP contribution in [0.1, 0.15) is 0 Å². The number of ether oxygens (including phenoxy) is 2. The lowest BCUT2D eigenvalue weighted by Gasteiger charge is -2.37. The molecule has 2 aliphatic heterocycles. The largest absolute Gasteiger partial charge is 0.476 e. The number of para-hydroxylation sites is 2. The van der Waals surface area contributed by atoms with Gasteiger partial charge in [-0.1, -0.05) is 12.1 Å². The molecule has 1 fully saturated rings. The van der Waals surface area contributed by atoms with Gasteiger partial charge < -0.3 is 23.8 Å². The van der Waals surface area contributed by atoms with Crippen LogP contribution in [0, 0.1) is 0 Å². The topological polar surface area (TPSA) is 121 Å². The second-order valence-corrected chi connectivity index (χ2v) is 8.27. The Morgan fingerprint density at radius 2 is 1.82 bits per heavy atom. The van der Waals surface area contributed by atoms with Crippen LogP contribution in [0.25, 0.3) is 11.2 Å². The number of carbonyl (C=O) groups excluding carboxylic acids is 2. The van der Waals surface area contributed by atoms with Crippen LogP contribution in [0.2, 0.25) is 0 Å². The number of aryl methyl sites for hydroxylation is 1. The molecule has 178 valence electrons. The molecule has 0 bridgehead atoms. The number of imidazole rings is 1. The van der Waals surface area contributed by atoms with Gasteiger partial charge in [-0.15, -0.1) is 0 Å². The average Bonchev–Trinajstić information content (AvgIpc) is 3.29. The first-order valence-corrected chi connectivity index (χ1v) is 10.9. The van der Waals surface area contributed by atoms with E-state index in [0.717, 1.165) is 4.57 Å². The number of hydrogen-bond donors (Lipinski definition) is 0. The zero-order valence-corrected chi connectivity index (χ0v) is 18.8. The SMILES string of the molecule is Cn1c(=O)c2c(ncn2CC(=O)N2CC(C(=O)N3CCOCC3)Oc3ccccc32)n(C)c1=O. The van der Waals surface area contributed by atoms with Gasteiger partial charge in [-0.05, 0) is 12.1 Å². The van der Waals surface area contributed by atoms with Crippen molar-refractivity contribution in [3.05, 3.63) is 51.4 Å². The van der Waals surface area contributed by atoms with Crippen LogP contribution in [-0.4, -0.2) is 74.4 Å². The molecule has 2 amide bonds. The summed E-state index contributed by atoms with van der Waals surface area (Å²) < 4.78 is 15.0. The van der Waals surface area contributed by atoms with Crippen molar-refractivity contribution in [3.63, 3.8) is 0 Å². The van der Waals surface area contributed by atoms with Gasteiger partial charge in [0.05, 0.1) is 31.8 Å². The minimum absolute atomic E-state index is 0.0369. The van der Waals surface area contributed by atoms with Crippen LogP contribution in [0.5, 0.6) is 5.75 Å². The maximum atomic E-state index is 13.5. The van der Waals surface area contributed by atoms with Crippen LogP contribution in [0.3, 0.4) is 0 Å². The van der Waals surface area contributed by atoms with Crippen molar-refractivity contribution < 1.29 is 19.1 Å². The Morgan fingerprint density at radius 3 is 2.59 bits per heavy atom. The van der Waals surface area contributed by atoms with Crippen LogP contribution >= 0.6 is 0 Å². The summed E-state index contributed by atoms with van der Waals surface area (Å²) in [7, 11) is 2.90. The highest BCUT2D eigenvalue weighted by molar-refractivity contribution is 5.97. The fraction of sp³-hybridized carbons (Fsp3) is 0.409. The van der Waals surface area contributed by atoms with Gasteiger partial charge in [0.2, 0.25) is 5.91 Å². The highest BCUT2D eigenvalue weighted by Gasteiger charge is 2.36. The highest BCUT2D eigenvalue weighted by atomic mass is 16.5. The third-order valence-electron chi connectivity index (χ3n) is 6.20. The standard InChI is InChI=1S/C22H24N6O6/c1-24-19-18(21(31)25(2)22(24)32)27(13-23-19)12-17(29)28-11-16(20(30)26-7-9-33-10-8-26)34-15-6-4-3-5-14(15)28/h3-6,13,16H,7-12H2,1-2H3. The second kappa shape index (κ2) is 8.45. The van der Waals surface area contributed by atoms with E-state index < -0.39 is 17.4 Å². The second-order valence-electron chi connectivity index (χ2n) is 8.27. The summed E-state index contributed by atoms with van der Waals surface area (Å²) in [5.74, 6) is -0.110. The van der Waals surface area contributed by atoms with Crippen molar-refractivity contribution in [2.24, 2.45) is 14.1 Å². The van der Waals surface area contributed by atoms with Gasteiger partial charge in [0.15, 0.2) is 17.3 Å². The number of nitrogens with zero attached hydrogens (tertiary/aromatic N) is 6. The number of anilines is 1. The average molecular weight is 468 g/mol. The number of aromatic nitrogens is 4. The third kappa shape index (κ3) is 3.55. The van der Waals surface area contributed by atoms with E-state index in [1.54, 1.807) is 29.2 Å². The monoisotopic (exact) mass is 468 g/mol. The van der Waals surface area contributed by atoms with Gasteiger partial charge in [-0.25, -0.2) is 9.78 Å². The van der Waals surface area contributed by atoms with E-state index in [1.807, 2.05) is 0 Å². The lowest BCUT2D eigenvalue weighted by molar-refractivity contribution is -0.142. The molecule has 2 aliphatic rings. The predicted octanol–water partition coefficient (Wildman–Crippen LogP) is -0.913. The maximum absolute atomic E-state index is 13.5. The zero-order chi connectivity index (χ0) is 24.0. The minimum Gasteiger partial charge on any atom is -0.476 e. The van der Waals surface area contributed by atoms with E-state index in [4.69, 9.17) is 9.47 Å². The van der Waals surface area contributed by atoms with Crippen molar-refractivity contribution in [2.45, 2.75) is 12.6 Å². The summed E-state index contributed by atoms with van der Waals surface area (Å²) in [6.07, 6.45) is 0.511. The summed E-state index contributed by atoms with van der Waals surface area (Å²) in [4.78, 5) is 58.8. The maximum Gasteiger partial charge on any atom is 0.332 e. The molecule has 0 spiro atoms. The Kier molecular flexibility index (Phi) is 5.44. The molecule has 1 atom stereocenters. The Morgan fingerprint density at radius 1 is 1.09 bits per heavy atom. The van der Waals surface area contributed by atoms with E-state index in [0.29, 0.717) is 37.7 Å². The van der Waals surface area contributed by atoms with Crippen molar-refractivity contribution in [1.82, 2.24) is 23.6 Å². The van der Waals surface area contributed by atoms with Crippen molar-refractivity contribution in [2.75, 3.05) is 37.7 Å². The number of amides is 2. The molecule has 0 radical (unpaired) electrons. The molecule has 2 aromatic heterocycles. The fourth-order valence-corrected chi connectivity index (χ4v) is 4.33. The van der Waals surface area contributed by atoms with E-state index >= 15 is 0 Å². The number of fused-ring (bicyclic) bond motifs is 2. The number of hydrogen-bond acceptors (Lipinski definition) is 7. The van der Waals surface area contributed by atoms with Crippen LogP contribution < -0.4 is 20.9 Å². The molecule has 1 unspecified atom stereocenters. The minimum atomic E-state index is -0.856. The Bertz CT molecular complexity index is 1400. The molecular weight excluding hydrogens is 444 g/mol. The fourth-order valence-electron chi connectivity index (χ4n) is 4.33. The molecule has 3 aromatic rings. The van der Waals surface area contributed by atoms with E-state index in [1.165, 1.54) is 34.5 Å². The lowest BCUT2D eigenvalue weighted by atomic mass is 10.1. The Balaban J connectivity index is 1.47. The first-order chi connectivity index (χ1) is 16.4. The molecule has 1 saturated heterocycles. The number of morpholine rings is 1. The van der Waals surface area contributed by atoms with Crippen LogP contribution in [0.15, 0.2) is 40.2 Å². The molecule has 0 N–H and O–H groups in total. The van der Waals surface area contributed by atoms with Crippen molar-refractivity contribution in [3.8, 4) is 5.75 Å². The molecule has 0 aliphatic carbocycles. The Hall–Kier alpha value is -3.93. The smallest absolute Gasteiger partial charge is 0.332 e. The van der Waals surface area contributed by atoms with E-state index in [-0.39, 0.29) is 36.1 Å². The quantitative estimate of drug-likeness (QED) is 0.488. The van der Waals surface area contributed by atoms with Crippen LogP contribution in [0.4, 0.5) is 5.69 Å². The first-order valence-electron chi connectivity index (χ1n) is 10.9. The molecule has 0 saturated carbocycles. The van der Waals surface area contributed by atoms with Gasteiger partial charge in [0.1, 0.15) is 12.3 Å². The van der Waals surface area contributed by atoms with Gasteiger partial charge in [0.25, 0.3) is 11.5 Å². The normalized spacial score (nSPS) is 18.0. The summed E-state index contributed by atoms with van der Waals surface area (Å²) in [5.41, 5.74) is -0.140. The third-order valence-corrected chi connectivity index (χ3v) is 6.20. The zero-order valence-electron chi connectivity index (χ0n) is 18.8. The van der Waals surface area contributed by atoms with Crippen molar-refractivity contribution >= 4 is 28.7 Å². The number of benzene rings is 1. The molecule has 12 nitrogen and oxygen atoms in total. The van der Waals surface area contributed by atoms with Gasteiger partial charge in [-0.3, -0.25) is 23.5 Å². The molecule has 4 heterocycles. The summed E-state index contributed by atoms with van der Waals surface area (Å²) in [5, 5.41) is 0. The number of carbonyl (C=O) groups is 2. The summed E-state index contributed by atoms with van der Waals surface area (Å²) in [6.45, 7) is 1.70. The summed E-state index contributed by atoms with van der Waals surface area (Å²) >= 11 is 0. The Labute approximate surface area is 193 Å². The predicted molar refractivity (Wildman–Crippen MR) is 121 cm³/mol. The van der Waals surface area contributed by atoms with Gasteiger partial charge in [-0.2, -0.15) is 0 Å². The highest BCUT2D eigenvalue weighted by Crippen LogP contribution is 2.34. The molecule has 1 aromatic carbocycles. The summed E-state index contributed by atoms with van der Waals surface area (Å²) in [6, 6.07) is 7.02. The van der Waals surface area contributed by atoms with Crippen LogP contribution in [-0.2, 0) is 35.0 Å². The van der Waals surface area contributed by atoms with Crippen molar-refractivity contribution in [1.29, 1.82) is 0 Å². The number of rotatable bonds is 3. The lowest BCUT2D eigenvalue weighted by Crippen LogP contribution is -2.54. The van der Waals surface area contributed by atoms with E-state index in [9.17, 15) is 19.2 Å². The first kappa shape index (κ1) is 21.9. The molecule has 34 heavy (non-hydrogen) atoms. The van der Waals surface area contributed by atoms with Gasteiger partial charge >= 0.3 is 5.69 Å². The van der Waals surface area contributed by atoms with E-state index in [2.05, 4.69) is 4.98 Å². The molecule has 5 rings (SSSR count). The molecule has 12 heteroatoms. The van der Waals surface area contributed by atoms with Gasteiger partial charge in [0, 0.05) is 27.2 Å². The molecular formula is C22H24N6O6.